The number of benzene rings is 1. The molecule has 2 N–H and O–H groups in total. The van der Waals surface area contributed by atoms with Crippen LogP contribution in [0.3, 0.4) is 0 Å². The third-order valence-corrected chi connectivity index (χ3v) is 3.45. The van der Waals surface area contributed by atoms with Crippen molar-refractivity contribution in [3.63, 3.8) is 0 Å². The molecule has 1 aromatic heterocycles. The van der Waals surface area contributed by atoms with E-state index in [4.69, 9.17) is 9.15 Å². The summed E-state index contributed by atoms with van der Waals surface area (Å²) in [6.45, 7) is 3.32. The zero-order valence-corrected chi connectivity index (χ0v) is 16.5. The first-order chi connectivity index (χ1) is 11.1. The van der Waals surface area contributed by atoms with Crippen LogP contribution in [0.5, 0.6) is 0 Å². The molecule has 0 aliphatic carbocycles. The number of nitrogens with zero attached hydrogens (tertiary/aromatic N) is 1. The van der Waals surface area contributed by atoms with E-state index in [1.807, 2.05) is 43.3 Å². The highest BCUT2D eigenvalue weighted by atomic mass is 35.5. The fourth-order valence-corrected chi connectivity index (χ4v) is 2.40. The summed E-state index contributed by atoms with van der Waals surface area (Å²) in [4.78, 5) is 14.5. The van der Waals surface area contributed by atoms with Gasteiger partial charge in [-0.3, -0.25) is 4.79 Å². The largest absolute Gasteiger partial charge is 0.451 e. The molecule has 0 saturated heterocycles. The zero-order valence-electron chi connectivity index (χ0n) is 14.8. The Balaban J connectivity index is 0.00000288. The van der Waals surface area contributed by atoms with Gasteiger partial charge in [0.1, 0.15) is 5.58 Å². The quantitative estimate of drug-likeness (QED) is 0.641. The molecule has 1 aromatic carbocycles. The molecule has 0 unspecified atom stereocenters. The average molecular weight is 392 g/mol. The number of nitrogens with one attached hydrogen (secondary N) is 2. The molecule has 6 nitrogen and oxygen atoms in total. The Morgan fingerprint density at radius 3 is 2.56 bits per heavy atom. The highest BCUT2D eigenvalue weighted by Crippen LogP contribution is 2.26. The molecule has 0 saturated carbocycles. The van der Waals surface area contributed by atoms with Gasteiger partial charge in [0.2, 0.25) is 0 Å². The average Bonchev–Trinajstić information content (AvgIpc) is 2.89. The number of furan rings is 1. The topological polar surface area (TPSA) is 66.7 Å². The van der Waals surface area contributed by atoms with Crippen molar-refractivity contribution in [3.8, 4) is 0 Å². The second-order valence-corrected chi connectivity index (χ2v) is 5.64. The molecule has 0 bridgehead atoms. The van der Waals surface area contributed by atoms with Crippen LogP contribution in [-0.4, -0.2) is 58.3 Å². The van der Waals surface area contributed by atoms with Gasteiger partial charge in [-0.05, 0) is 20.2 Å². The van der Waals surface area contributed by atoms with E-state index in [0.717, 1.165) is 23.1 Å². The number of methoxy groups -OCH3 is 1. The Hall–Kier alpha value is -1.31. The normalized spacial score (nSPS) is 10.4. The lowest BCUT2D eigenvalue weighted by atomic mass is 10.1. The van der Waals surface area contributed by atoms with Crippen LogP contribution >= 0.6 is 24.8 Å². The molecule has 0 radical (unpaired) electrons. The molecule has 8 heteroatoms. The second-order valence-electron chi connectivity index (χ2n) is 5.64. The molecule has 2 aromatic rings. The summed E-state index contributed by atoms with van der Waals surface area (Å²) in [6.07, 6.45) is 0. The van der Waals surface area contributed by atoms with Crippen LogP contribution in [0, 0.1) is 0 Å². The molecule has 25 heavy (non-hydrogen) atoms. The van der Waals surface area contributed by atoms with E-state index in [1.54, 1.807) is 7.11 Å². The van der Waals surface area contributed by atoms with Gasteiger partial charge in [-0.15, -0.1) is 24.8 Å². The molecule has 0 aliphatic rings. The molecule has 2 rings (SSSR count). The third kappa shape index (κ3) is 6.84. The summed E-state index contributed by atoms with van der Waals surface area (Å²) >= 11 is 0. The number of halogens is 2. The highest BCUT2D eigenvalue weighted by Gasteiger charge is 2.20. The summed E-state index contributed by atoms with van der Waals surface area (Å²) in [5.74, 6) is 0.225. The van der Waals surface area contributed by atoms with E-state index < -0.39 is 0 Å². The van der Waals surface area contributed by atoms with Gasteiger partial charge >= 0.3 is 0 Å². The highest BCUT2D eigenvalue weighted by molar-refractivity contribution is 5.99. The first kappa shape index (κ1) is 23.7. The monoisotopic (exact) mass is 391 g/mol. The molecule has 0 aliphatic heterocycles. The van der Waals surface area contributed by atoms with Gasteiger partial charge in [0.05, 0.1) is 6.61 Å². The molecule has 0 spiro atoms. The fraction of sp³-hybridized carbons (Fsp3) is 0.471. The van der Waals surface area contributed by atoms with Gasteiger partial charge in [0.25, 0.3) is 5.91 Å². The van der Waals surface area contributed by atoms with Crippen molar-refractivity contribution < 1.29 is 13.9 Å². The Bertz CT molecular complexity index is 647. The van der Waals surface area contributed by atoms with E-state index in [9.17, 15) is 4.79 Å². The molecular formula is C17H27Cl2N3O3. The summed E-state index contributed by atoms with van der Waals surface area (Å²) in [5, 5.41) is 7.07. The van der Waals surface area contributed by atoms with Crippen molar-refractivity contribution in [2.45, 2.75) is 6.54 Å². The molecule has 1 heterocycles. The van der Waals surface area contributed by atoms with E-state index in [2.05, 4.69) is 10.6 Å². The van der Waals surface area contributed by atoms with Crippen LogP contribution in [0.4, 0.5) is 0 Å². The van der Waals surface area contributed by atoms with Gasteiger partial charge < -0.3 is 24.7 Å². The third-order valence-electron chi connectivity index (χ3n) is 3.45. The summed E-state index contributed by atoms with van der Waals surface area (Å²) in [7, 11) is 5.61. The number of hydrogen-bond acceptors (Lipinski definition) is 5. The second kappa shape index (κ2) is 12.1. The van der Waals surface area contributed by atoms with E-state index >= 15 is 0 Å². The van der Waals surface area contributed by atoms with E-state index in [0.29, 0.717) is 32.0 Å². The number of fused-ring (bicyclic) bond motifs is 1. The Labute approximate surface area is 161 Å². The minimum atomic E-state index is -0.174. The van der Waals surface area contributed by atoms with Crippen LogP contribution in [0.2, 0.25) is 0 Å². The predicted octanol–water partition coefficient (Wildman–Crippen LogP) is 2.30. The SMILES string of the molecule is COCCNCCNC(=O)c1oc2ccccc2c1CN(C)C.Cl.Cl. The Morgan fingerprint density at radius 1 is 1.16 bits per heavy atom. The minimum absolute atomic E-state index is 0. The maximum absolute atomic E-state index is 12.4. The first-order valence-electron chi connectivity index (χ1n) is 7.76. The lowest BCUT2D eigenvalue weighted by Crippen LogP contribution is -2.33. The van der Waals surface area contributed by atoms with Crippen molar-refractivity contribution in [2.75, 3.05) is 47.4 Å². The van der Waals surface area contributed by atoms with Crippen molar-refractivity contribution in [1.29, 1.82) is 0 Å². The zero-order chi connectivity index (χ0) is 16.7. The van der Waals surface area contributed by atoms with Crippen LogP contribution in [0.25, 0.3) is 11.0 Å². The lowest BCUT2D eigenvalue weighted by Gasteiger charge is -2.10. The van der Waals surface area contributed by atoms with Gasteiger partial charge in [-0.25, -0.2) is 0 Å². The van der Waals surface area contributed by atoms with Crippen LogP contribution in [0.15, 0.2) is 28.7 Å². The van der Waals surface area contributed by atoms with E-state index in [1.165, 1.54) is 0 Å². The number of hydrogen-bond donors (Lipinski definition) is 2. The minimum Gasteiger partial charge on any atom is -0.451 e. The van der Waals surface area contributed by atoms with Crippen molar-refractivity contribution in [1.82, 2.24) is 15.5 Å². The van der Waals surface area contributed by atoms with Gasteiger partial charge in [0.15, 0.2) is 5.76 Å². The van der Waals surface area contributed by atoms with Gasteiger partial charge in [-0.2, -0.15) is 0 Å². The lowest BCUT2D eigenvalue weighted by molar-refractivity contribution is 0.0926. The van der Waals surface area contributed by atoms with Crippen LogP contribution < -0.4 is 10.6 Å². The van der Waals surface area contributed by atoms with Crippen LogP contribution in [-0.2, 0) is 11.3 Å². The summed E-state index contributed by atoms with van der Waals surface area (Å²) in [6, 6.07) is 7.74. The molecule has 0 atom stereocenters. The van der Waals surface area contributed by atoms with Gasteiger partial charge in [0, 0.05) is 44.2 Å². The number of amides is 1. The Kier molecular flexibility index (Phi) is 11.5. The Morgan fingerprint density at radius 2 is 1.88 bits per heavy atom. The number of carbonyl (C=O) groups excluding carboxylic acids is 1. The maximum atomic E-state index is 12.4. The number of rotatable bonds is 9. The molecule has 0 fully saturated rings. The molecule has 142 valence electrons. The van der Waals surface area contributed by atoms with Crippen LogP contribution in [0.1, 0.15) is 16.1 Å². The van der Waals surface area contributed by atoms with Gasteiger partial charge in [-0.1, -0.05) is 18.2 Å². The molecular weight excluding hydrogens is 365 g/mol. The predicted molar refractivity (Wildman–Crippen MR) is 105 cm³/mol. The van der Waals surface area contributed by atoms with Crippen molar-refractivity contribution >= 4 is 41.7 Å². The smallest absolute Gasteiger partial charge is 0.287 e. The molecule has 1 amide bonds. The summed E-state index contributed by atoms with van der Waals surface area (Å²) in [5.41, 5.74) is 1.67. The van der Waals surface area contributed by atoms with Crippen molar-refractivity contribution in [2.24, 2.45) is 0 Å². The number of ether oxygens (including phenoxy) is 1. The number of para-hydroxylation sites is 1. The number of carbonyl (C=O) groups is 1. The van der Waals surface area contributed by atoms with E-state index in [-0.39, 0.29) is 30.7 Å². The summed E-state index contributed by atoms with van der Waals surface area (Å²) < 4.78 is 10.7. The fourth-order valence-electron chi connectivity index (χ4n) is 2.40. The van der Waals surface area contributed by atoms with Crippen molar-refractivity contribution in [3.05, 3.63) is 35.6 Å². The maximum Gasteiger partial charge on any atom is 0.287 e. The standard InChI is InChI=1S/C17H25N3O3.2ClH/c1-20(2)12-14-13-6-4-5-7-15(13)23-16(14)17(21)19-9-8-18-10-11-22-3;;/h4-7,18H,8-12H2,1-3H3,(H,19,21);2*1H. The first-order valence-corrected chi connectivity index (χ1v) is 7.76.